The van der Waals surface area contributed by atoms with Crippen molar-refractivity contribution in [3.8, 4) is 0 Å². The molecule has 0 spiro atoms. The van der Waals surface area contributed by atoms with Crippen LogP contribution >= 0.6 is 0 Å². The number of unbranched alkanes of at least 4 members (excludes halogenated alkanes) is 4. The van der Waals surface area contributed by atoms with E-state index >= 15 is 0 Å². The van der Waals surface area contributed by atoms with Gasteiger partial charge in [-0.15, -0.1) is 0 Å². The van der Waals surface area contributed by atoms with Crippen molar-refractivity contribution in [2.24, 2.45) is 0 Å². The first kappa shape index (κ1) is 20.9. The standard InChI is InChI=1S/C14H26O7S/c1-3-5-7-9-12(15)20-11-14(22(17,18)19)21-13(16)10-8-6-4-2/h14H,3-11H2,1-2H3,(H,17,18,19). The smallest absolute Gasteiger partial charge is 0.307 e. The van der Waals surface area contributed by atoms with E-state index < -0.39 is 34.1 Å². The normalized spacial score (nSPS) is 12.7. The van der Waals surface area contributed by atoms with Gasteiger partial charge in [-0.1, -0.05) is 39.5 Å². The van der Waals surface area contributed by atoms with Crippen molar-refractivity contribution in [1.82, 2.24) is 0 Å². The summed E-state index contributed by atoms with van der Waals surface area (Å²) in [5, 5.41) is 0. The van der Waals surface area contributed by atoms with Crippen LogP contribution in [0.2, 0.25) is 0 Å². The zero-order valence-corrected chi connectivity index (χ0v) is 14.1. The third-order valence-corrected chi connectivity index (χ3v) is 3.84. The molecule has 0 amide bonds. The molecule has 130 valence electrons. The van der Waals surface area contributed by atoms with E-state index in [-0.39, 0.29) is 12.8 Å². The van der Waals surface area contributed by atoms with E-state index in [2.05, 4.69) is 4.74 Å². The summed E-state index contributed by atoms with van der Waals surface area (Å²) in [6, 6.07) is 0. The maximum absolute atomic E-state index is 11.5. The Labute approximate surface area is 132 Å². The molecule has 0 saturated heterocycles. The molecule has 0 aliphatic rings. The summed E-state index contributed by atoms with van der Waals surface area (Å²) < 4.78 is 40.8. The lowest BCUT2D eigenvalue weighted by Gasteiger charge is -2.15. The quantitative estimate of drug-likeness (QED) is 0.331. The van der Waals surface area contributed by atoms with Crippen LogP contribution in [0.1, 0.15) is 65.2 Å². The number of esters is 2. The molecule has 0 aliphatic heterocycles. The van der Waals surface area contributed by atoms with E-state index in [1.807, 2.05) is 13.8 Å². The second-order valence-corrected chi connectivity index (χ2v) is 6.59. The minimum Gasteiger partial charge on any atom is -0.460 e. The first-order valence-corrected chi connectivity index (χ1v) is 9.13. The molecule has 7 nitrogen and oxygen atoms in total. The summed E-state index contributed by atoms with van der Waals surface area (Å²) in [5.41, 5.74) is -1.86. The van der Waals surface area contributed by atoms with Gasteiger partial charge in [-0.2, -0.15) is 8.42 Å². The number of hydrogen-bond acceptors (Lipinski definition) is 6. The van der Waals surface area contributed by atoms with Crippen LogP contribution < -0.4 is 0 Å². The summed E-state index contributed by atoms with van der Waals surface area (Å²) in [4.78, 5) is 22.9. The van der Waals surface area contributed by atoms with E-state index in [0.29, 0.717) is 12.8 Å². The molecule has 0 radical (unpaired) electrons. The van der Waals surface area contributed by atoms with Gasteiger partial charge in [0.1, 0.15) is 6.61 Å². The Morgan fingerprint density at radius 1 is 0.955 bits per heavy atom. The number of ether oxygens (including phenoxy) is 2. The minimum absolute atomic E-state index is 0.0598. The van der Waals surface area contributed by atoms with Crippen molar-refractivity contribution in [3.63, 3.8) is 0 Å². The summed E-state index contributed by atoms with van der Waals surface area (Å²) >= 11 is 0. The van der Waals surface area contributed by atoms with Crippen LogP contribution in [0.15, 0.2) is 0 Å². The van der Waals surface area contributed by atoms with E-state index in [0.717, 1.165) is 25.7 Å². The number of carbonyl (C=O) groups excluding carboxylic acids is 2. The summed E-state index contributed by atoms with van der Waals surface area (Å²) in [5.74, 6) is -1.32. The zero-order chi connectivity index (χ0) is 17.0. The average molecular weight is 338 g/mol. The lowest BCUT2D eigenvalue weighted by Crippen LogP contribution is -2.32. The average Bonchev–Trinajstić information content (AvgIpc) is 2.42. The number of rotatable bonds is 12. The molecule has 22 heavy (non-hydrogen) atoms. The Morgan fingerprint density at radius 3 is 1.91 bits per heavy atom. The van der Waals surface area contributed by atoms with Crippen LogP contribution in [-0.4, -0.2) is 37.0 Å². The molecular weight excluding hydrogens is 312 g/mol. The van der Waals surface area contributed by atoms with Crippen molar-refractivity contribution in [1.29, 1.82) is 0 Å². The largest absolute Gasteiger partial charge is 0.460 e. The summed E-state index contributed by atoms with van der Waals surface area (Å²) in [6.45, 7) is 3.26. The van der Waals surface area contributed by atoms with Gasteiger partial charge >= 0.3 is 22.1 Å². The van der Waals surface area contributed by atoms with Crippen molar-refractivity contribution < 1.29 is 32.0 Å². The summed E-state index contributed by atoms with van der Waals surface area (Å²) in [7, 11) is -4.63. The van der Waals surface area contributed by atoms with Crippen LogP contribution in [0.4, 0.5) is 0 Å². The van der Waals surface area contributed by atoms with E-state index in [1.165, 1.54) is 0 Å². The highest BCUT2D eigenvalue weighted by Crippen LogP contribution is 2.08. The van der Waals surface area contributed by atoms with Gasteiger partial charge in [0.2, 0.25) is 0 Å². The predicted molar refractivity (Wildman–Crippen MR) is 80.7 cm³/mol. The molecule has 0 fully saturated rings. The van der Waals surface area contributed by atoms with Gasteiger partial charge in [0.05, 0.1) is 0 Å². The molecule has 0 aromatic heterocycles. The Hall–Kier alpha value is -1.15. The highest BCUT2D eigenvalue weighted by molar-refractivity contribution is 7.86. The molecular formula is C14H26O7S. The van der Waals surface area contributed by atoms with Crippen molar-refractivity contribution in [2.75, 3.05) is 6.61 Å². The Morgan fingerprint density at radius 2 is 1.45 bits per heavy atom. The van der Waals surface area contributed by atoms with Crippen molar-refractivity contribution in [2.45, 2.75) is 70.7 Å². The molecule has 0 aliphatic carbocycles. The van der Waals surface area contributed by atoms with Gasteiger partial charge in [0.25, 0.3) is 5.44 Å². The van der Waals surface area contributed by atoms with Gasteiger partial charge in [0, 0.05) is 12.8 Å². The molecule has 8 heteroatoms. The highest BCUT2D eigenvalue weighted by atomic mass is 32.2. The fourth-order valence-electron chi connectivity index (χ4n) is 1.66. The molecule has 0 rings (SSSR count). The van der Waals surface area contributed by atoms with E-state index in [1.54, 1.807) is 0 Å². The Balaban J connectivity index is 4.31. The third kappa shape index (κ3) is 10.6. The lowest BCUT2D eigenvalue weighted by molar-refractivity contribution is -0.154. The zero-order valence-electron chi connectivity index (χ0n) is 13.2. The Bertz CT molecular complexity index is 430. The van der Waals surface area contributed by atoms with Crippen molar-refractivity contribution >= 4 is 22.1 Å². The van der Waals surface area contributed by atoms with E-state index in [9.17, 15) is 18.0 Å². The van der Waals surface area contributed by atoms with Crippen LogP contribution in [0, 0.1) is 0 Å². The van der Waals surface area contributed by atoms with Crippen LogP contribution in [0.3, 0.4) is 0 Å². The predicted octanol–water partition coefficient (Wildman–Crippen LogP) is 2.45. The third-order valence-electron chi connectivity index (χ3n) is 2.94. The molecule has 0 heterocycles. The first-order chi connectivity index (χ1) is 10.3. The number of carbonyl (C=O) groups is 2. The van der Waals surface area contributed by atoms with Crippen LogP contribution in [0.25, 0.3) is 0 Å². The highest BCUT2D eigenvalue weighted by Gasteiger charge is 2.28. The topological polar surface area (TPSA) is 107 Å². The van der Waals surface area contributed by atoms with Crippen molar-refractivity contribution in [3.05, 3.63) is 0 Å². The van der Waals surface area contributed by atoms with Gasteiger partial charge in [0.15, 0.2) is 0 Å². The lowest BCUT2D eigenvalue weighted by atomic mass is 10.2. The molecule has 1 unspecified atom stereocenters. The second-order valence-electron chi connectivity index (χ2n) is 5.03. The van der Waals surface area contributed by atoms with Gasteiger partial charge < -0.3 is 9.47 Å². The van der Waals surface area contributed by atoms with Gasteiger partial charge in [-0.05, 0) is 12.8 Å². The minimum atomic E-state index is -4.63. The molecule has 1 atom stereocenters. The van der Waals surface area contributed by atoms with Crippen LogP contribution in [0.5, 0.6) is 0 Å². The first-order valence-electron chi connectivity index (χ1n) is 7.62. The van der Waals surface area contributed by atoms with Gasteiger partial charge in [-0.25, -0.2) is 0 Å². The second kappa shape index (κ2) is 11.4. The summed E-state index contributed by atoms with van der Waals surface area (Å²) in [6.07, 6.45) is 4.97. The number of hydrogen-bond donors (Lipinski definition) is 1. The molecule has 0 bridgehead atoms. The van der Waals surface area contributed by atoms with Crippen LogP contribution in [-0.2, 0) is 29.2 Å². The molecule has 0 saturated carbocycles. The molecule has 1 N–H and O–H groups in total. The fraction of sp³-hybridized carbons (Fsp3) is 0.857. The van der Waals surface area contributed by atoms with E-state index in [4.69, 9.17) is 9.29 Å². The molecule has 0 aromatic carbocycles. The monoisotopic (exact) mass is 338 g/mol. The molecule has 0 aromatic rings. The fourth-order valence-corrected chi connectivity index (χ4v) is 2.13. The maximum atomic E-state index is 11.5. The van der Waals surface area contributed by atoms with Gasteiger partial charge in [-0.3, -0.25) is 14.1 Å². The SMILES string of the molecule is CCCCCC(=O)OCC(OC(=O)CCCCC)S(=O)(=O)O. The maximum Gasteiger partial charge on any atom is 0.307 e. The Kier molecular flexibility index (Phi) is 10.8.